The van der Waals surface area contributed by atoms with Gasteiger partial charge in [-0.05, 0) is 24.6 Å². The smallest absolute Gasteiger partial charge is 0.118 e. The van der Waals surface area contributed by atoms with Crippen LogP contribution in [0.2, 0.25) is 0 Å². The number of morpholine rings is 1. The number of benzene rings is 1. The van der Waals surface area contributed by atoms with Gasteiger partial charge in [-0.25, -0.2) is 0 Å². The number of hydrogen-bond acceptors (Lipinski definition) is 3. The molecule has 1 aliphatic heterocycles. The molecule has 1 saturated heterocycles. The molecule has 1 aliphatic rings. The van der Waals surface area contributed by atoms with Crippen LogP contribution in [-0.2, 0) is 4.74 Å². The summed E-state index contributed by atoms with van der Waals surface area (Å²) in [5.74, 6) is 0.897. The molecule has 1 aromatic carbocycles. The first-order valence-corrected chi connectivity index (χ1v) is 6.43. The van der Waals surface area contributed by atoms with Crippen molar-refractivity contribution in [3.05, 3.63) is 35.9 Å². The molecule has 18 heavy (non-hydrogen) atoms. The third-order valence-electron chi connectivity index (χ3n) is 3.30. The topological polar surface area (TPSA) is 21.7 Å². The van der Waals surface area contributed by atoms with Crippen molar-refractivity contribution in [2.45, 2.75) is 13.0 Å². The van der Waals surface area contributed by atoms with E-state index in [0.717, 1.165) is 32.1 Å². The third kappa shape index (κ3) is 3.59. The van der Waals surface area contributed by atoms with Crippen molar-refractivity contribution in [1.82, 2.24) is 4.90 Å². The number of methoxy groups -OCH3 is 1. The quantitative estimate of drug-likeness (QED) is 0.815. The average Bonchev–Trinajstić information content (AvgIpc) is 2.46. The van der Waals surface area contributed by atoms with E-state index >= 15 is 0 Å². The van der Waals surface area contributed by atoms with Crippen LogP contribution in [0.15, 0.2) is 30.3 Å². The summed E-state index contributed by atoms with van der Waals surface area (Å²) in [7, 11) is 1.69. The molecular weight excluding hydrogens is 226 g/mol. The van der Waals surface area contributed by atoms with Crippen LogP contribution in [-0.4, -0.2) is 44.4 Å². The van der Waals surface area contributed by atoms with E-state index in [9.17, 15) is 0 Å². The predicted octanol–water partition coefficient (Wildman–Crippen LogP) is 2.43. The minimum Gasteiger partial charge on any atom is -0.497 e. The van der Waals surface area contributed by atoms with Crippen molar-refractivity contribution in [3.8, 4) is 5.75 Å². The Morgan fingerprint density at radius 1 is 1.22 bits per heavy atom. The molecule has 3 nitrogen and oxygen atoms in total. The van der Waals surface area contributed by atoms with Gasteiger partial charge in [-0.2, -0.15) is 0 Å². The molecule has 0 bridgehead atoms. The van der Waals surface area contributed by atoms with Gasteiger partial charge in [0.05, 0.1) is 20.3 Å². The molecule has 3 heteroatoms. The summed E-state index contributed by atoms with van der Waals surface area (Å²) in [6, 6.07) is 8.57. The Morgan fingerprint density at radius 3 is 2.50 bits per heavy atom. The molecule has 98 valence electrons. The molecule has 0 aliphatic carbocycles. The molecule has 1 atom stereocenters. The molecule has 0 spiro atoms. The molecule has 0 amide bonds. The zero-order chi connectivity index (χ0) is 12.8. The zero-order valence-corrected chi connectivity index (χ0v) is 11.1. The van der Waals surface area contributed by atoms with Crippen molar-refractivity contribution >= 4 is 6.08 Å². The van der Waals surface area contributed by atoms with Gasteiger partial charge in [-0.1, -0.05) is 24.3 Å². The second-order valence-corrected chi connectivity index (χ2v) is 4.52. The first-order valence-electron chi connectivity index (χ1n) is 6.43. The maximum Gasteiger partial charge on any atom is 0.118 e. The third-order valence-corrected chi connectivity index (χ3v) is 3.30. The van der Waals surface area contributed by atoms with Gasteiger partial charge in [0, 0.05) is 19.1 Å². The van der Waals surface area contributed by atoms with Gasteiger partial charge in [-0.3, -0.25) is 4.90 Å². The molecule has 1 aromatic rings. The highest BCUT2D eigenvalue weighted by molar-refractivity contribution is 5.51. The number of nitrogens with zero attached hydrogens (tertiary/aromatic N) is 1. The Kier molecular flexibility index (Phi) is 4.79. The lowest BCUT2D eigenvalue weighted by molar-refractivity contribution is 0.0288. The summed E-state index contributed by atoms with van der Waals surface area (Å²) in [4.78, 5) is 2.43. The van der Waals surface area contributed by atoms with Crippen molar-refractivity contribution in [3.63, 3.8) is 0 Å². The van der Waals surface area contributed by atoms with Gasteiger partial charge < -0.3 is 9.47 Å². The Labute approximate surface area is 109 Å². The first-order chi connectivity index (χ1) is 8.79. The summed E-state index contributed by atoms with van der Waals surface area (Å²) in [6.07, 6.45) is 4.41. The lowest BCUT2D eigenvalue weighted by Crippen LogP contribution is -2.41. The Balaban J connectivity index is 1.92. The summed E-state index contributed by atoms with van der Waals surface area (Å²) in [5, 5.41) is 0. The first kappa shape index (κ1) is 13.1. The Morgan fingerprint density at radius 2 is 1.89 bits per heavy atom. The summed E-state index contributed by atoms with van der Waals surface area (Å²) >= 11 is 0. The average molecular weight is 247 g/mol. The number of rotatable bonds is 4. The van der Waals surface area contributed by atoms with Gasteiger partial charge >= 0.3 is 0 Å². The fourth-order valence-corrected chi connectivity index (χ4v) is 2.07. The van der Waals surface area contributed by atoms with E-state index < -0.39 is 0 Å². The van der Waals surface area contributed by atoms with Gasteiger partial charge in [-0.15, -0.1) is 0 Å². The molecule has 1 heterocycles. The fourth-order valence-electron chi connectivity index (χ4n) is 2.07. The van der Waals surface area contributed by atoms with E-state index in [-0.39, 0.29) is 0 Å². The van der Waals surface area contributed by atoms with Crippen molar-refractivity contribution in [2.24, 2.45) is 0 Å². The minimum absolute atomic E-state index is 0.455. The van der Waals surface area contributed by atoms with Crippen LogP contribution >= 0.6 is 0 Å². The van der Waals surface area contributed by atoms with Gasteiger partial charge in [0.1, 0.15) is 5.75 Å². The predicted molar refractivity (Wildman–Crippen MR) is 73.9 cm³/mol. The number of hydrogen-bond donors (Lipinski definition) is 0. The monoisotopic (exact) mass is 247 g/mol. The highest BCUT2D eigenvalue weighted by Gasteiger charge is 2.14. The van der Waals surface area contributed by atoms with Crippen molar-refractivity contribution in [1.29, 1.82) is 0 Å². The van der Waals surface area contributed by atoms with Gasteiger partial charge in [0.15, 0.2) is 0 Å². The molecule has 2 rings (SSSR count). The summed E-state index contributed by atoms with van der Waals surface area (Å²) in [5.41, 5.74) is 1.20. The van der Waals surface area contributed by atoms with Gasteiger partial charge in [0.25, 0.3) is 0 Å². The molecular formula is C15H21NO2. The van der Waals surface area contributed by atoms with Crippen LogP contribution in [0, 0.1) is 0 Å². The maximum absolute atomic E-state index is 5.36. The van der Waals surface area contributed by atoms with E-state index in [4.69, 9.17) is 9.47 Å². The molecule has 0 aromatic heterocycles. The SMILES string of the molecule is COc1ccc(C=CC(C)N2CCOCC2)cc1. The normalized spacial score (nSPS) is 19.0. The second kappa shape index (κ2) is 6.57. The Bertz CT molecular complexity index is 380. The minimum atomic E-state index is 0.455. The van der Waals surface area contributed by atoms with E-state index in [1.54, 1.807) is 7.11 Å². The van der Waals surface area contributed by atoms with Crippen molar-refractivity contribution in [2.75, 3.05) is 33.4 Å². The van der Waals surface area contributed by atoms with Crippen LogP contribution in [0.4, 0.5) is 0 Å². The molecule has 1 fully saturated rings. The largest absolute Gasteiger partial charge is 0.497 e. The van der Waals surface area contributed by atoms with E-state index in [1.165, 1.54) is 5.56 Å². The van der Waals surface area contributed by atoms with Crippen LogP contribution in [0.3, 0.4) is 0 Å². The second-order valence-electron chi connectivity index (χ2n) is 4.52. The van der Waals surface area contributed by atoms with Crippen molar-refractivity contribution < 1.29 is 9.47 Å². The zero-order valence-electron chi connectivity index (χ0n) is 11.1. The van der Waals surface area contributed by atoms with E-state index in [2.05, 4.69) is 36.1 Å². The molecule has 1 unspecified atom stereocenters. The van der Waals surface area contributed by atoms with Crippen LogP contribution < -0.4 is 4.74 Å². The standard InChI is InChI=1S/C15H21NO2/c1-13(16-9-11-18-12-10-16)3-4-14-5-7-15(17-2)8-6-14/h3-8,13H,9-12H2,1-2H3. The highest BCUT2D eigenvalue weighted by Crippen LogP contribution is 2.13. The van der Waals surface area contributed by atoms with Crippen LogP contribution in [0.5, 0.6) is 5.75 Å². The fraction of sp³-hybridized carbons (Fsp3) is 0.467. The van der Waals surface area contributed by atoms with Crippen LogP contribution in [0.1, 0.15) is 12.5 Å². The van der Waals surface area contributed by atoms with Crippen LogP contribution in [0.25, 0.3) is 6.08 Å². The maximum atomic E-state index is 5.36. The Hall–Kier alpha value is -1.32. The van der Waals surface area contributed by atoms with Gasteiger partial charge in [0.2, 0.25) is 0 Å². The lowest BCUT2D eigenvalue weighted by atomic mass is 10.1. The summed E-state index contributed by atoms with van der Waals surface area (Å²) in [6.45, 7) is 5.97. The molecule has 0 N–H and O–H groups in total. The molecule has 0 saturated carbocycles. The van der Waals surface area contributed by atoms with E-state index in [1.807, 2.05) is 12.1 Å². The lowest BCUT2D eigenvalue weighted by Gasteiger charge is -2.30. The van der Waals surface area contributed by atoms with E-state index in [0.29, 0.717) is 6.04 Å². The molecule has 0 radical (unpaired) electrons. The number of ether oxygens (including phenoxy) is 2. The highest BCUT2D eigenvalue weighted by atomic mass is 16.5. The summed E-state index contributed by atoms with van der Waals surface area (Å²) < 4.78 is 10.5.